The van der Waals surface area contributed by atoms with Crippen LogP contribution in [0.1, 0.15) is 12.8 Å². The van der Waals surface area contributed by atoms with Crippen molar-refractivity contribution in [1.82, 2.24) is 10.2 Å². The molecule has 0 unspecified atom stereocenters. The van der Waals surface area contributed by atoms with Crippen molar-refractivity contribution in [3.63, 3.8) is 0 Å². The van der Waals surface area contributed by atoms with Crippen molar-refractivity contribution in [2.75, 3.05) is 18.6 Å². The highest BCUT2D eigenvalue weighted by Gasteiger charge is 2.90. The van der Waals surface area contributed by atoms with Crippen LogP contribution < -0.4 is 0 Å². The summed E-state index contributed by atoms with van der Waals surface area (Å²) in [5, 5.41) is 7.41. The number of thioether (sulfide) groups is 2. The van der Waals surface area contributed by atoms with Gasteiger partial charge in [-0.3, -0.25) is 4.79 Å². The Labute approximate surface area is 194 Å². The van der Waals surface area contributed by atoms with Gasteiger partial charge in [0.15, 0.2) is 8.68 Å². The second-order valence-corrected chi connectivity index (χ2v) is 9.48. The van der Waals surface area contributed by atoms with Gasteiger partial charge in [-0.05, 0) is 6.26 Å². The zero-order valence-corrected chi connectivity index (χ0v) is 18.6. The van der Waals surface area contributed by atoms with Gasteiger partial charge in [0, 0.05) is 5.75 Å². The molecule has 0 amide bonds. The van der Waals surface area contributed by atoms with Crippen molar-refractivity contribution in [3.05, 3.63) is 0 Å². The van der Waals surface area contributed by atoms with Crippen molar-refractivity contribution < 1.29 is 66.6 Å². The minimum Gasteiger partial charge on any atom is -0.465 e. The summed E-state index contributed by atoms with van der Waals surface area (Å²) in [5.41, 5.74) is 0. The molecule has 0 fully saturated rings. The largest absolute Gasteiger partial charge is 0.465 e. The van der Waals surface area contributed by atoms with Gasteiger partial charge in [0.25, 0.3) is 0 Å². The average Bonchev–Trinajstić information content (AvgIpc) is 3.14. The first-order valence-electron chi connectivity index (χ1n) is 8.27. The number of carbonyl (C=O) groups excluding carboxylic acids is 1. The van der Waals surface area contributed by atoms with Crippen LogP contribution in [0.2, 0.25) is 0 Å². The molecule has 0 saturated heterocycles. The summed E-state index contributed by atoms with van der Waals surface area (Å²) >= 11 is 3.34. The first kappa shape index (κ1) is 30.9. The van der Waals surface area contributed by atoms with Crippen molar-refractivity contribution >= 4 is 40.8 Å². The molecule has 20 heteroatoms. The zero-order chi connectivity index (χ0) is 26.8. The molecule has 0 bridgehead atoms. The maximum Gasteiger partial charge on any atom is 0.460 e. The van der Waals surface area contributed by atoms with E-state index in [-0.39, 0.29) is 5.75 Å². The first-order chi connectivity index (χ1) is 15.2. The lowest BCUT2D eigenvalue weighted by atomic mass is 9.93. The lowest BCUT2D eigenvalue weighted by molar-refractivity contribution is -0.440. The molecule has 1 rings (SSSR count). The van der Waals surface area contributed by atoms with Crippen LogP contribution in [0.5, 0.6) is 0 Å². The molecule has 1 aromatic heterocycles. The molecule has 1 heterocycles. The second-order valence-electron chi connectivity index (χ2n) is 6.11. The highest BCUT2D eigenvalue weighted by atomic mass is 32.2. The van der Waals surface area contributed by atoms with Gasteiger partial charge in [0.1, 0.15) is 0 Å². The number of nitrogens with zero attached hydrogens (tertiary/aromatic N) is 2. The number of halogens is 13. The lowest BCUT2D eigenvalue weighted by Gasteiger charge is -2.39. The summed E-state index contributed by atoms with van der Waals surface area (Å²) in [6, 6.07) is 0. The van der Waals surface area contributed by atoms with E-state index >= 15 is 0 Å². The summed E-state index contributed by atoms with van der Waals surface area (Å²) in [6.45, 7) is -1.77. The molecule has 0 aliphatic heterocycles. The molecule has 1 aromatic rings. The van der Waals surface area contributed by atoms with E-state index in [0.29, 0.717) is 8.68 Å². The number of aromatic nitrogens is 2. The number of rotatable bonds is 12. The maximum absolute atomic E-state index is 13.6. The fourth-order valence-electron chi connectivity index (χ4n) is 1.88. The third-order valence-electron chi connectivity index (χ3n) is 3.77. The van der Waals surface area contributed by atoms with Gasteiger partial charge in [-0.25, -0.2) is 0 Å². The van der Waals surface area contributed by atoms with Crippen molar-refractivity contribution in [2.45, 2.75) is 57.3 Å². The Morgan fingerprint density at radius 2 is 1.32 bits per heavy atom. The zero-order valence-electron chi connectivity index (χ0n) is 16.2. The second kappa shape index (κ2) is 10.4. The predicted octanol–water partition coefficient (Wildman–Crippen LogP) is 6.41. The molecule has 4 nitrogen and oxygen atoms in total. The number of esters is 1. The van der Waals surface area contributed by atoms with Crippen LogP contribution in [-0.2, 0) is 9.53 Å². The van der Waals surface area contributed by atoms with Gasteiger partial charge in [-0.15, -0.1) is 10.2 Å². The number of hydrogen-bond donors (Lipinski definition) is 0. The van der Waals surface area contributed by atoms with Gasteiger partial charge < -0.3 is 4.74 Å². The van der Waals surface area contributed by atoms with Gasteiger partial charge in [-0.1, -0.05) is 34.9 Å². The monoisotopic (exact) mass is 582 g/mol. The van der Waals surface area contributed by atoms with Crippen LogP contribution >= 0.6 is 34.9 Å². The fraction of sp³-hybridized carbons (Fsp3) is 0.786. The van der Waals surface area contributed by atoms with E-state index in [1.807, 2.05) is 0 Å². The Morgan fingerprint density at radius 1 is 0.824 bits per heavy atom. The minimum absolute atomic E-state index is 0.0782. The van der Waals surface area contributed by atoms with E-state index in [4.69, 9.17) is 0 Å². The van der Waals surface area contributed by atoms with Crippen molar-refractivity contribution in [2.24, 2.45) is 0 Å². The molecular formula is C14H11F13N2O2S3. The fourth-order valence-corrected chi connectivity index (χ4v) is 4.31. The molecule has 0 aromatic carbocycles. The smallest absolute Gasteiger partial charge is 0.460 e. The standard InChI is InChI=1S/C14H11F13N2O2S3/c1-32-7-28-29-8(34-7)33-5-2-6(30)31-4-3-9(15,16)10(17,18)11(19,20)12(21,22)13(23,24)14(25,26)27/h2-5H2,1H3. The summed E-state index contributed by atoms with van der Waals surface area (Å²) < 4.78 is 174. The highest BCUT2D eigenvalue weighted by Crippen LogP contribution is 2.60. The average molecular weight is 582 g/mol. The van der Waals surface area contributed by atoms with Gasteiger partial charge in [0.2, 0.25) is 0 Å². The molecular weight excluding hydrogens is 571 g/mol. The Bertz CT molecular complexity index is 845. The Hall–Kier alpha value is -1.18. The van der Waals surface area contributed by atoms with Crippen LogP contribution in [0, 0.1) is 0 Å². The lowest BCUT2D eigenvalue weighted by Crippen LogP contribution is -2.70. The summed E-state index contributed by atoms with van der Waals surface area (Å²) in [7, 11) is 0. The summed E-state index contributed by atoms with van der Waals surface area (Å²) in [6.07, 6.45) is -8.89. The molecule has 0 N–H and O–H groups in total. The van der Waals surface area contributed by atoms with Crippen LogP contribution in [0.4, 0.5) is 57.1 Å². The number of carbonyl (C=O) groups is 1. The van der Waals surface area contributed by atoms with Gasteiger partial charge >= 0.3 is 41.8 Å². The van der Waals surface area contributed by atoms with Crippen molar-refractivity contribution in [1.29, 1.82) is 0 Å². The molecule has 0 saturated carbocycles. The number of ether oxygens (including phenoxy) is 1. The van der Waals surface area contributed by atoms with Crippen molar-refractivity contribution in [3.8, 4) is 0 Å². The minimum atomic E-state index is -7.96. The number of alkyl halides is 13. The topological polar surface area (TPSA) is 52.1 Å². The predicted molar refractivity (Wildman–Crippen MR) is 93.4 cm³/mol. The number of hydrogen-bond acceptors (Lipinski definition) is 7. The van der Waals surface area contributed by atoms with E-state index in [1.165, 1.54) is 11.8 Å². The molecule has 34 heavy (non-hydrogen) atoms. The van der Waals surface area contributed by atoms with E-state index < -0.39 is 61.2 Å². The Morgan fingerprint density at radius 3 is 1.79 bits per heavy atom. The highest BCUT2D eigenvalue weighted by molar-refractivity contribution is 8.02. The van der Waals surface area contributed by atoms with Crippen LogP contribution in [-0.4, -0.2) is 70.6 Å². The summed E-state index contributed by atoms with van der Waals surface area (Å²) in [4.78, 5) is 11.4. The molecule has 0 atom stereocenters. The van der Waals surface area contributed by atoms with E-state index in [9.17, 15) is 61.9 Å². The molecule has 0 aliphatic carbocycles. The Kier molecular flexibility index (Phi) is 9.47. The Balaban J connectivity index is 2.77. The van der Waals surface area contributed by atoms with Crippen LogP contribution in [0.3, 0.4) is 0 Å². The third-order valence-corrected chi connectivity index (χ3v) is 6.81. The van der Waals surface area contributed by atoms with Gasteiger partial charge in [-0.2, -0.15) is 57.1 Å². The third kappa shape index (κ3) is 5.96. The normalized spacial score (nSPS) is 14.4. The van der Waals surface area contributed by atoms with Gasteiger partial charge in [0.05, 0.1) is 19.4 Å². The first-order valence-corrected chi connectivity index (χ1v) is 11.3. The van der Waals surface area contributed by atoms with Crippen LogP contribution in [0.15, 0.2) is 8.68 Å². The SMILES string of the molecule is CSc1nnc(SCCC(=O)OCCC(F)(F)C(F)(F)C(F)(F)C(F)(F)C(F)(F)C(F)(F)F)s1. The van der Waals surface area contributed by atoms with E-state index in [1.54, 1.807) is 6.26 Å². The maximum atomic E-state index is 13.6. The van der Waals surface area contributed by atoms with E-state index in [0.717, 1.165) is 23.1 Å². The molecule has 0 radical (unpaired) electrons. The van der Waals surface area contributed by atoms with Crippen LogP contribution in [0.25, 0.3) is 0 Å². The summed E-state index contributed by atoms with van der Waals surface area (Å²) in [5.74, 6) is -38.7. The molecule has 0 aliphatic rings. The quantitative estimate of drug-likeness (QED) is 0.161. The molecule has 198 valence electrons. The molecule has 0 spiro atoms. The van der Waals surface area contributed by atoms with E-state index in [2.05, 4.69) is 14.9 Å².